The van der Waals surface area contributed by atoms with Crippen molar-refractivity contribution in [3.8, 4) is 0 Å². The number of fused-ring (bicyclic) bond motifs is 1. The summed E-state index contributed by atoms with van der Waals surface area (Å²) in [5.41, 5.74) is 6.26. The second-order valence-corrected chi connectivity index (χ2v) is 7.52. The third kappa shape index (κ3) is 4.05. The molecule has 0 saturated carbocycles. The van der Waals surface area contributed by atoms with E-state index in [9.17, 15) is 4.79 Å². The van der Waals surface area contributed by atoms with Gasteiger partial charge in [0, 0.05) is 34.8 Å². The van der Waals surface area contributed by atoms with Crippen molar-refractivity contribution in [2.75, 3.05) is 0 Å². The van der Waals surface area contributed by atoms with Gasteiger partial charge in [-0.15, -0.1) is 0 Å². The maximum atomic E-state index is 12.5. The van der Waals surface area contributed by atoms with Gasteiger partial charge in [0.05, 0.1) is 35.4 Å². The number of nitrogens with one attached hydrogen (secondary N) is 1. The normalized spacial score (nSPS) is 13.6. The highest BCUT2D eigenvalue weighted by Gasteiger charge is 2.24. The van der Waals surface area contributed by atoms with Crippen molar-refractivity contribution < 1.29 is 4.79 Å². The molecule has 29 heavy (non-hydrogen) atoms. The minimum absolute atomic E-state index is 0.0817. The first-order chi connectivity index (χ1) is 14.0. The Morgan fingerprint density at radius 2 is 2.00 bits per heavy atom. The molecule has 0 radical (unpaired) electrons. The molecule has 146 valence electrons. The molecule has 2 aromatic heterocycles. The lowest BCUT2D eigenvalue weighted by Crippen LogP contribution is -2.28. The van der Waals surface area contributed by atoms with Crippen LogP contribution in [-0.2, 0) is 17.8 Å². The summed E-state index contributed by atoms with van der Waals surface area (Å²) in [4.78, 5) is 25.9. The van der Waals surface area contributed by atoms with Crippen LogP contribution in [0.4, 0.5) is 0 Å². The zero-order valence-corrected chi connectivity index (χ0v) is 17.1. The van der Waals surface area contributed by atoms with E-state index in [1.54, 1.807) is 12.4 Å². The van der Waals surface area contributed by atoms with Gasteiger partial charge in [-0.25, -0.2) is 0 Å². The fourth-order valence-electron chi connectivity index (χ4n) is 3.50. The minimum Gasteiger partial charge on any atom is -0.349 e. The fourth-order valence-corrected chi connectivity index (χ4v) is 3.78. The lowest BCUT2D eigenvalue weighted by atomic mass is 10.0. The van der Waals surface area contributed by atoms with E-state index in [1.165, 1.54) is 0 Å². The van der Waals surface area contributed by atoms with Crippen molar-refractivity contribution in [3.05, 3.63) is 93.5 Å². The molecule has 0 unspecified atom stereocenters. The number of amides is 1. The Balaban J connectivity index is 1.50. The standard InChI is InChI=1S/C23H21ClN4O/c1-14-10-17(8-9-25-14)23-19-13-26-20(22(24)18(19)12-27-23)11-21(29)28-15(2)16-6-4-3-5-7-16/h3-10,13,15H,11-12H2,1-2H3,(H,28,29)/t15-/m1/s1. The number of benzene rings is 1. The topological polar surface area (TPSA) is 67.2 Å². The molecule has 0 aliphatic carbocycles. The molecule has 1 N–H and O–H groups in total. The number of carbonyl (C=O) groups excluding carboxylic acids is 1. The molecule has 3 heterocycles. The van der Waals surface area contributed by atoms with Crippen molar-refractivity contribution in [3.63, 3.8) is 0 Å². The van der Waals surface area contributed by atoms with Crippen LogP contribution >= 0.6 is 11.6 Å². The molecule has 4 rings (SSSR count). The van der Waals surface area contributed by atoms with Gasteiger partial charge in [-0.3, -0.25) is 19.8 Å². The summed E-state index contributed by atoms with van der Waals surface area (Å²) in [6.07, 6.45) is 3.67. The molecule has 0 bridgehead atoms. The average Bonchev–Trinajstić information content (AvgIpc) is 3.15. The predicted molar refractivity (Wildman–Crippen MR) is 114 cm³/mol. The van der Waals surface area contributed by atoms with Gasteiger partial charge in [-0.2, -0.15) is 0 Å². The summed E-state index contributed by atoms with van der Waals surface area (Å²) in [6.45, 7) is 4.40. The second kappa shape index (κ2) is 8.13. The number of pyridine rings is 2. The number of aromatic nitrogens is 2. The van der Waals surface area contributed by atoms with Gasteiger partial charge >= 0.3 is 0 Å². The van der Waals surface area contributed by atoms with Crippen molar-refractivity contribution in [2.24, 2.45) is 4.99 Å². The van der Waals surface area contributed by atoms with Crippen LogP contribution in [0, 0.1) is 6.92 Å². The molecule has 6 heteroatoms. The van der Waals surface area contributed by atoms with Gasteiger partial charge in [0.15, 0.2) is 0 Å². The smallest absolute Gasteiger partial charge is 0.226 e. The van der Waals surface area contributed by atoms with Crippen LogP contribution in [0.5, 0.6) is 0 Å². The molecule has 0 spiro atoms. The first kappa shape index (κ1) is 19.3. The minimum atomic E-state index is -0.111. The highest BCUT2D eigenvalue weighted by atomic mass is 35.5. The van der Waals surface area contributed by atoms with E-state index in [0.717, 1.165) is 33.7 Å². The Morgan fingerprint density at radius 3 is 2.76 bits per heavy atom. The fraction of sp³-hybridized carbons (Fsp3) is 0.217. The average molecular weight is 405 g/mol. The van der Waals surface area contributed by atoms with Gasteiger partial charge in [0.25, 0.3) is 0 Å². The molecule has 1 amide bonds. The van der Waals surface area contributed by atoms with Crippen LogP contribution in [0.15, 0.2) is 59.9 Å². The molecule has 3 aromatic rings. The SMILES string of the molecule is Cc1cc(C2=NCc3c2cnc(CC(=O)N[C@H](C)c2ccccc2)c3Cl)ccn1. The van der Waals surface area contributed by atoms with Gasteiger partial charge in [-0.05, 0) is 31.5 Å². The summed E-state index contributed by atoms with van der Waals surface area (Å²) < 4.78 is 0. The molecular weight excluding hydrogens is 384 g/mol. The zero-order valence-electron chi connectivity index (χ0n) is 16.3. The van der Waals surface area contributed by atoms with E-state index in [2.05, 4.69) is 20.3 Å². The number of halogens is 1. The molecule has 5 nitrogen and oxygen atoms in total. The van der Waals surface area contributed by atoms with E-state index in [1.807, 2.05) is 56.3 Å². The lowest BCUT2D eigenvalue weighted by molar-refractivity contribution is -0.121. The number of aliphatic imine (C=N–C) groups is 1. The first-order valence-electron chi connectivity index (χ1n) is 9.51. The maximum Gasteiger partial charge on any atom is 0.226 e. The van der Waals surface area contributed by atoms with Gasteiger partial charge < -0.3 is 5.32 Å². The van der Waals surface area contributed by atoms with E-state index < -0.39 is 0 Å². The summed E-state index contributed by atoms with van der Waals surface area (Å²) >= 11 is 6.61. The first-order valence-corrected chi connectivity index (χ1v) is 9.89. The monoisotopic (exact) mass is 404 g/mol. The van der Waals surface area contributed by atoms with Crippen LogP contribution in [-0.4, -0.2) is 21.6 Å². The number of carbonyl (C=O) groups is 1. The van der Waals surface area contributed by atoms with Crippen LogP contribution in [0.1, 0.15) is 46.6 Å². The lowest BCUT2D eigenvalue weighted by Gasteiger charge is -2.15. The van der Waals surface area contributed by atoms with E-state index >= 15 is 0 Å². The van der Waals surface area contributed by atoms with Crippen LogP contribution < -0.4 is 5.32 Å². The second-order valence-electron chi connectivity index (χ2n) is 7.14. The Bertz CT molecular complexity index is 1100. The van der Waals surface area contributed by atoms with Gasteiger partial charge in [0.1, 0.15) is 0 Å². The molecular formula is C23H21ClN4O. The number of rotatable bonds is 5. The van der Waals surface area contributed by atoms with E-state index in [4.69, 9.17) is 11.6 Å². The molecule has 0 saturated heterocycles. The molecule has 1 atom stereocenters. The Hall–Kier alpha value is -3.05. The van der Waals surface area contributed by atoms with Gasteiger partial charge in [-0.1, -0.05) is 41.9 Å². The Labute approximate surface area is 174 Å². The molecule has 1 aliphatic heterocycles. The van der Waals surface area contributed by atoms with Crippen LogP contribution in [0.25, 0.3) is 0 Å². The third-order valence-corrected chi connectivity index (χ3v) is 5.46. The maximum absolute atomic E-state index is 12.5. The Morgan fingerprint density at radius 1 is 1.21 bits per heavy atom. The van der Waals surface area contributed by atoms with E-state index in [0.29, 0.717) is 17.3 Å². The number of nitrogens with zero attached hydrogens (tertiary/aromatic N) is 3. The number of hydrogen-bond donors (Lipinski definition) is 1. The third-order valence-electron chi connectivity index (χ3n) is 5.02. The zero-order chi connectivity index (χ0) is 20.4. The molecule has 0 fully saturated rings. The summed E-state index contributed by atoms with van der Waals surface area (Å²) in [5, 5.41) is 3.53. The van der Waals surface area contributed by atoms with Crippen molar-refractivity contribution >= 4 is 23.2 Å². The molecule has 1 aromatic carbocycles. The predicted octanol–water partition coefficient (Wildman–Crippen LogP) is 4.21. The number of hydrogen-bond acceptors (Lipinski definition) is 4. The van der Waals surface area contributed by atoms with Crippen molar-refractivity contribution in [1.82, 2.24) is 15.3 Å². The van der Waals surface area contributed by atoms with Crippen LogP contribution in [0.3, 0.4) is 0 Å². The number of aryl methyl sites for hydroxylation is 1. The largest absolute Gasteiger partial charge is 0.349 e. The highest BCUT2D eigenvalue weighted by molar-refractivity contribution is 6.33. The summed E-state index contributed by atoms with van der Waals surface area (Å²) in [6, 6.07) is 13.7. The summed E-state index contributed by atoms with van der Waals surface area (Å²) in [7, 11) is 0. The quantitative estimate of drug-likeness (QED) is 0.692. The summed E-state index contributed by atoms with van der Waals surface area (Å²) in [5.74, 6) is -0.111. The molecule has 1 aliphatic rings. The highest BCUT2D eigenvalue weighted by Crippen LogP contribution is 2.31. The van der Waals surface area contributed by atoms with Crippen molar-refractivity contribution in [2.45, 2.75) is 32.9 Å². The van der Waals surface area contributed by atoms with Crippen molar-refractivity contribution in [1.29, 1.82) is 0 Å². The Kier molecular flexibility index (Phi) is 5.41. The van der Waals surface area contributed by atoms with E-state index in [-0.39, 0.29) is 18.4 Å². The van der Waals surface area contributed by atoms with Crippen LogP contribution in [0.2, 0.25) is 5.02 Å². The van der Waals surface area contributed by atoms with Gasteiger partial charge in [0.2, 0.25) is 5.91 Å².